The number of carboxylic acids is 1. The lowest BCUT2D eigenvalue weighted by Crippen LogP contribution is -2.39. The van der Waals surface area contributed by atoms with Crippen LogP contribution in [0.1, 0.15) is 40.0 Å². The van der Waals surface area contributed by atoms with Gasteiger partial charge in [-0.15, -0.1) is 0 Å². The molecule has 0 saturated carbocycles. The predicted molar refractivity (Wildman–Crippen MR) is 87.4 cm³/mol. The molecule has 0 spiro atoms. The van der Waals surface area contributed by atoms with Gasteiger partial charge in [-0.2, -0.15) is 0 Å². The first kappa shape index (κ1) is 15.3. The van der Waals surface area contributed by atoms with Gasteiger partial charge in [0.05, 0.1) is 18.0 Å². The maximum atomic E-state index is 12.7. The van der Waals surface area contributed by atoms with E-state index in [0.29, 0.717) is 12.1 Å². The normalized spacial score (nSPS) is 16.7. The number of hydrogen-bond acceptors (Lipinski definition) is 2. The number of carbonyl (C=O) groups excluding carboxylic acids is 1. The van der Waals surface area contributed by atoms with Gasteiger partial charge in [-0.3, -0.25) is 4.79 Å². The number of hydrogen-bond donors (Lipinski definition) is 1. The summed E-state index contributed by atoms with van der Waals surface area (Å²) in [6.07, 6.45) is 0.960. The Morgan fingerprint density at radius 3 is 2.61 bits per heavy atom. The van der Waals surface area contributed by atoms with Crippen molar-refractivity contribution in [2.45, 2.75) is 25.8 Å². The minimum atomic E-state index is -0.995. The van der Waals surface area contributed by atoms with Crippen molar-refractivity contribution in [2.24, 2.45) is 0 Å². The maximum Gasteiger partial charge on any atom is 0.335 e. The molecular weight excluding hydrogens is 290 g/mol. The number of carboxylic acid groups (broad SMARTS) is 1. The monoisotopic (exact) mass is 309 g/mol. The first-order valence-corrected chi connectivity index (χ1v) is 7.76. The van der Waals surface area contributed by atoms with Crippen molar-refractivity contribution in [1.82, 2.24) is 4.90 Å². The zero-order valence-electron chi connectivity index (χ0n) is 13.0. The molecule has 1 aliphatic heterocycles. The zero-order valence-corrected chi connectivity index (χ0v) is 13.0. The fraction of sp³-hybridized carbons (Fsp3) is 0.263. The molecule has 4 heteroatoms. The highest BCUT2D eigenvalue weighted by Gasteiger charge is 2.27. The molecule has 0 fully saturated rings. The molecule has 0 saturated heterocycles. The Morgan fingerprint density at radius 1 is 1.13 bits per heavy atom. The van der Waals surface area contributed by atoms with Gasteiger partial charge in [-0.1, -0.05) is 42.5 Å². The van der Waals surface area contributed by atoms with Crippen molar-refractivity contribution in [3.05, 3.63) is 70.8 Å². The SMILES string of the molecule is CC1c2ccccc2CCN1C(=O)Cc1ccccc1C(=O)O. The standard InChI is InChI=1S/C19H19NO3/c1-13-16-8-4-2-6-14(16)10-11-20(13)18(21)12-15-7-3-5-9-17(15)19(22)23/h2-9,13H,10-12H2,1H3,(H,22,23). The second-order valence-electron chi connectivity index (χ2n) is 5.85. The van der Waals surface area contributed by atoms with Crippen LogP contribution >= 0.6 is 0 Å². The van der Waals surface area contributed by atoms with Crippen LogP contribution in [0, 0.1) is 0 Å². The van der Waals surface area contributed by atoms with Gasteiger partial charge in [-0.05, 0) is 36.1 Å². The molecule has 23 heavy (non-hydrogen) atoms. The lowest BCUT2D eigenvalue weighted by Gasteiger charge is -2.35. The van der Waals surface area contributed by atoms with Crippen LogP contribution in [0.25, 0.3) is 0 Å². The highest BCUT2D eigenvalue weighted by atomic mass is 16.4. The second-order valence-corrected chi connectivity index (χ2v) is 5.85. The fourth-order valence-electron chi connectivity index (χ4n) is 3.26. The van der Waals surface area contributed by atoms with Crippen LogP contribution in [0.15, 0.2) is 48.5 Å². The summed E-state index contributed by atoms with van der Waals surface area (Å²) in [7, 11) is 0. The first-order chi connectivity index (χ1) is 11.1. The molecular formula is C19H19NO3. The van der Waals surface area contributed by atoms with Crippen LogP contribution in [-0.4, -0.2) is 28.4 Å². The van der Waals surface area contributed by atoms with E-state index in [0.717, 1.165) is 6.42 Å². The third-order valence-corrected chi connectivity index (χ3v) is 4.50. The van der Waals surface area contributed by atoms with Gasteiger partial charge in [0.2, 0.25) is 5.91 Å². The Hall–Kier alpha value is -2.62. The Balaban J connectivity index is 1.81. The van der Waals surface area contributed by atoms with Crippen molar-refractivity contribution < 1.29 is 14.7 Å². The van der Waals surface area contributed by atoms with E-state index in [4.69, 9.17) is 0 Å². The highest BCUT2D eigenvalue weighted by molar-refractivity contribution is 5.91. The minimum Gasteiger partial charge on any atom is -0.478 e. The van der Waals surface area contributed by atoms with Crippen molar-refractivity contribution in [2.75, 3.05) is 6.54 Å². The van der Waals surface area contributed by atoms with Crippen LogP contribution in [0.4, 0.5) is 0 Å². The lowest BCUT2D eigenvalue weighted by molar-refractivity contribution is -0.133. The maximum absolute atomic E-state index is 12.7. The summed E-state index contributed by atoms with van der Waals surface area (Å²) in [6, 6.07) is 14.9. The van der Waals surface area contributed by atoms with Gasteiger partial charge < -0.3 is 10.0 Å². The van der Waals surface area contributed by atoms with Crippen LogP contribution in [0.2, 0.25) is 0 Å². The number of carbonyl (C=O) groups is 2. The summed E-state index contributed by atoms with van der Waals surface area (Å²) in [5.41, 5.74) is 3.23. The van der Waals surface area contributed by atoms with Crippen molar-refractivity contribution in [3.8, 4) is 0 Å². The fourth-order valence-corrected chi connectivity index (χ4v) is 3.26. The quantitative estimate of drug-likeness (QED) is 0.948. The van der Waals surface area contributed by atoms with Crippen molar-refractivity contribution >= 4 is 11.9 Å². The molecule has 2 aromatic rings. The van der Waals surface area contributed by atoms with E-state index in [9.17, 15) is 14.7 Å². The summed E-state index contributed by atoms with van der Waals surface area (Å²) >= 11 is 0. The number of amides is 1. The third-order valence-electron chi connectivity index (χ3n) is 4.50. The van der Waals surface area contributed by atoms with Gasteiger partial charge >= 0.3 is 5.97 Å². The molecule has 0 aliphatic carbocycles. The van der Waals surface area contributed by atoms with E-state index in [-0.39, 0.29) is 23.9 Å². The van der Waals surface area contributed by atoms with E-state index in [2.05, 4.69) is 12.1 Å². The molecule has 0 radical (unpaired) electrons. The van der Waals surface area contributed by atoms with Crippen LogP contribution in [0.5, 0.6) is 0 Å². The highest BCUT2D eigenvalue weighted by Crippen LogP contribution is 2.29. The minimum absolute atomic E-state index is 0.0180. The number of benzene rings is 2. The number of nitrogens with zero attached hydrogens (tertiary/aromatic N) is 1. The zero-order chi connectivity index (χ0) is 16.4. The van der Waals surface area contributed by atoms with Crippen LogP contribution in [-0.2, 0) is 17.6 Å². The summed E-state index contributed by atoms with van der Waals surface area (Å²) in [6.45, 7) is 2.70. The Morgan fingerprint density at radius 2 is 1.83 bits per heavy atom. The van der Waals surface area contributed by atoms with Gasteiger partial charge in [-0.25, -0.2) is 4.79 Å². The Kier molecular flexibility index (Phi) is 4.15. The second kappa shape index (κ2) is 6.24. The van der Waals surface area contributed by atoms with Crippen molar-refractivity contribution in [1.29, 1.82) is 0 Å². The van der Waals surface area contributed by atoms with E-state index >= 15 is 0 Å². The molecule has 0 bridgehead atoms. The number of aromatic carboxylic acids is 1. The van der Waals surface area contributed by atoms with E-state index in [1.165, 1.54) is 11.1 Å². The third kappa shape index (κ3) is 2.97. The van der Waals surface area contributed by atoms with Gasteiger partial charge in [0.1, 0.15) is 0 Å². The van der Waals surface area contributed by atoms with E-state index in [1.807, 2.05) is 24.0 Å². The first-order valence-electron chi connectivity index (χ1n) is 7.76. The number of fused-ring (bicyclic) bond motifs is 1. The van der Waals surface area contributed by atoms with Crippen LogP contribution in [0.3, 0.4) is 0 Å². The van der Waals surface area contributed by atoms with E-state index < -0.39 is 5.97 Å². The Bertz CT molecular complexity index is 754. The molecule has 4 nitrogen and oxygen atoms in total. The molecule has 1 unspecified atom stereocenters. The molecule has 1 heterocycles. The molecule has 1 N–H and O–H groups in total. The van der Waals surface area contributed by atoms with Crippen LogP contribution < -0.4 is 0 Å². The largest absolute Gasteiger partial charge is 0.478 e. The Labute approximate surface area is 135 Å². The van der Waals surface area contributed by atoms with E-state index in [1.54, 1.807) is 24.3 Å². The summed E-state index contributed by atoms with van der Waals surface area (Å²) in [5, 5.41) is 9.25. The molecule has 1 amide bonds. The molecule has 1 atom stereocenters. The summed E-state index contributed by atoms with van der Waals surface area (Å²) < 4.78 is 0. The van der Waals surface area contributed by atoms with Gasteiger partial charge in [0.25, 0.3) is 0 Å². The topological polar surface area (TPSA) is 57.6 Å². The van der Waals surface area contributed by atoms with Crippen molar-refractivity contribution in [3.63, 3.8) is 0 Å². The smallest absolute Gasteiger partial charge is 0.335 e. The molecule has 3 rings (SSSR count). The molecule has 1 aliphatic rings. The van der Waals surface area contributed by atoms with Gasteiger partial charge in [0.15, 0.2) is 0 Å². The lowest BCUT2D eigenvalue weighted by atomic mass is 9.93. The molecule has 118 valence electrons. The average Bonchev–Trinajstić information content (AvgIpc) is 2.55. The van der Waals surface area contributed by atoms with Gasteiger partial charge in [0, 0.05) is 6.54 Å². The predicted octanol–water partition coefficient (Wildman–Crippen LogP) is 3.07. The molecule has 0 aromatic heterocycles. The summed E-state index contributed by atoms with van der Waals surface area (Å²) in [4.78, 5) is 25.8. The summed E-state index contributed by atoms with van der Waals surface area (Å²) in [5.74, 6) is -1.02. The number of rotatable bonds is 3. The molecule has 2 aromatic carbocycles. The average molecular weight is 309 g/mol.